The molecule has 1 aromatic carbocycles. The van der Waals surface area contributed by atoms with Gasteiger partial charge in [0.25, 0.3) is 0 Å². The minimum Gasteiger partial charge on any atom is -0.127 e. The van der Waals surface area contributed by atoms with Crippen LogP contribution in [0.3, 0.4) is 0 Å². The first kappa shape index (κ1) is 14.1. The molecule has 1 heterocycles. The van der Waals surface area contributed by atoms with Gasteiger partial charge in [0.05, 0.1) is 9.16 Å². The van der Waals surface area contributed by atoms with E-state index in [4.69, 9.17) is 11.6 Å². The summed E-state index contributed by atoms with van der Waals surface area (Å²) < 4.78 is 0.846. The maximum absolute atomic E-state index is 6.02. The van der Waals surface area contributed by atoms with E-state index in [1.54, 1.807) is 11.3 Å². The molecule has 0 aliphatic heterocycles. The molecule has 0 saturated carbocycles. The first-order chi connectivity index (χ1) is 8.65. The van der Waals surface area contributed by atoms with Gasteiger partial charge in [-0.2, -0.15) is 0 Å². The van der Waals surface area contributed by atoms with Crippen molar-refractivity contribution < 1.29 is 0 Å². The molecule has 0 bridgehead atoms. The Hall–Kier alpha value is -0.310. The molecule has 3 heteroatoms. The summed E-state index contributed by atoms with van der Waals surface area (Å²) in [5.41, 5.74) is 4.16. The van der Waals surface area contributed by atoms with Crippen molar-refractivity contribution in [2.45, 2.75) is 31.5 Å². The molecule has 0 nitrogen and oxygen atoms in total. The lowest BCUT2D eigenvalue weighted by molar-refractivity contribution is 1.04. The molecule has 0 fully saturated rings. The van der Waals surface area contributed by atoms with E-state index in [2.05, 4.69) is 54.0 Å². The zero-order valence-electron chi connectivity index (χ0n) is 10.5. The predicted octanol–water partition coefficient (Wildman–Crippen LogP) is 6.01. The highest BCUT2D eigenvalue weighted by Gasteiger charge is 2.16. The van der Waals surface area contributed by atoms with E-state index >= 15 is 0 Å². The number of thiophene rings is 1. The quantitative estimate of drug-likeness (QED) is 0.596. The second kappa shape index (κ2) is 6.23. The molecule has 0 aliphatic rings. The summed E-state index contributed by atoms with van der Waals surface area (Å²) in [7, 11) is 0. The Kier molecular flexibility index (Phi) is 4.88. The highest BCUT2D eigenvalue weighted by atomic mass is 79.9. The number of halogens is 2. The van der Waals surface area contributed by atoms with Crippen molar-refractivity contribution in [2.24, 2.45) is 0 Å². The Morgan fingerprint density at radius 2 is 1.94 bits per heavy atom. The van der Waals surface area contributed by atoms with Crippen LogP contribution in [0.4, 0.5) is 0 Å². The highest BCUT2D eigenvalue weighted by molar-refractivity contribution is 9.09. The van der Waals surface area contributed by atoms with Crippen LogP contribution in [0.5, 0.6) is 0 Å². The summed E-state index contributed by atoms with van der Waals surface area (Å²) >= 11 is 11.5. The number of aryl methyl sites for hydroxylation is 2. The smallest absolute Gasteiger partial charge is 0.0931 e. The van der Waals surface area contributed by atoms with Crippen LogP contribution >= 0.6 is 38.9 Å². The van der Waals surface area contributed by atoms with Crippen LogP contribution in [0.25, 0.3) is 0 Å². The molecule has 96 valence electrons. The van der Waals surface area contributed by atoms with E-state index in [9.17, 15) is 0 Å². The Morgan fingerprint density at radius 3 is 2.50 bits per heavy atom. The molecular formula is C15H16BrClS. The fourth-order valence-corrected chi connectivity index (χ4v) is 3.96. The monoisotopic (exact) mass is 342 g/mol. The Bertz CT molecular complexity index is 533. The van der Waals surface area contributed by atoms with Crippen molar-refractivity contribution in [3.05, 3.63) is 56.2 Å². The number of alkyl halides is 1. The fraction of sp³-hybridized carbons (Fsp3) is 0.333. The van der Waals surface area contributed by atoms with Gasteiger partial charge in [-0.1, -0.05) is 59.6 Å². The molecule has 1 aromatic heterocycles. The zero-order chi connectivity index (χ0) is 13.1. The van der Waals surface area contributed by atoms with Crippen LogP contribution < -0.4 is 0 Å². The van der Waals surface area contributed by atoms with Crippen molar-refractivity contribution in [1.82, 2.24) is 0 Å². The Labute approximate surface area is 126 Å². The molecular weight excluding hydrogens is 328 g/mol. The summed E-state index contributed by atoms with van der Waals surface area (Å²) in [6.07, 6.45) is 2.13. The van der Waals surface area contributed by atoms with Gasteiger partial charge in [0.2, 0.25) is 0 Å². The molecule has 1 atom stereocenters. The van der Waals surface area contributed by atoms with Crippen molar-refractivity contribution >= 4 is 38.9 Å². The van der Waals surface area contributed by atoms with Crippen molar-refractivity contribution in [3.8, 4) is 0 Å². The number of benzene rings is 1. The minimum absolute atomic E-state index is 0.247. The van der Waals surface area contributed by atoms with E-state index in [0.717, 1.165) is 17.2 Å². The van der Waals surface area contributed by atoms with E-state index in [0.29, 0.717) is 0 Å². The molecule has 18 heavy (non-hydrogen) atoms. The Balaban J connectivity index is 2.41. The number of hydrogen-bond acceptors (Lipinski definition) is 1. The molecule has 0 saturated heterocycles. The summed E-state index contributed by atoms with van der Waals surface area (Å²) in [5, 5.41) is 0. The molecule has 0 spiro atoms. The summed E-state index contributed by atoms with van der Waals surface area (Å²) in [6, 6.07) is 10.8. The first-order valence-electron chi connectivity index (χ1n) is 6.16. The van der Waals surface area contributed by atoms with Gasteiger partial charge >= 0.3 is 0 Å². The largest absolute Gasteiger partial charge is 0.127 e. The van der Waals surface area contributed by atoms with E-state index in [1.807, 2.05) is 6.07 Å². The van der Waals surface area contributed by atoms with Crippen LogP contribution in [0.2, 0.25) is 4.34 Å². The lowest BCUT2D eigenvalue weighted by Crippen LogP contribution is -1.98. The molecule has 2 aromatic rings. The SMILES string of the molecule is CCc1ccc(CC)c(C(Br)c2ccc(Cl)s2)c1. The first-order valence-corrected chi connectivity index (χ1v) is 8.27. The van der Waals surface area contributed by atoms with Crippen molar-refractivity contribution in [2.75, 3.05) is 0 Å². The molecule has 1 unspecified atom stereocenters. The van der Waals surface area contributed by atoms with Crippen LogP contribution in [0.1, 0.15) is 40.2 Å². The van der Waals surface area contributed by atoms with Gasteiger partial charge in [0.1, 0.15) is 0 Å². The van der Waals surface area contributed by atoms with Gasteiger partial charge in [0, 0.05) is 4.88 Å². The van der Waals surface area contributed by atoms with E-state index < -0.39 is 0 Å². The van der Waals surface area contributed by atoms with Gasteiger partial charge in [-0.05, 0) is 41.7 Å². The van der Waals surface area contributed by atoms with E-state index in [-0.39, 0.29) is 4.83 Å². The van der Waals surface area contributed by atoms with Gasteiger partial charge in [-0.15, -0.1) is 11.3 Å². The average molecular weight is 344 g/mol. The summed E-state index contributed by atoms with van der Waals surface area (Å²) in [4.78, 5) is 1.51. The maximum Gasteiger partial charge on any atom is 0.0931 e. The molecule has 0 radical (unpaired) electrons. The highest BCUT2D eigenvalue weighted by Crippen LogP contribution is 2.38. The van der Waals surface area contributed by atoms with Gasteiger partial charge in [-0.3, -0.25) is 0 Å². The Morgan fingerprint density at radius 1 is 1.17 bits per heavy atom. The van der Waals surface area contributed by atoms with Gasteiger partial charge in [0.15, 0.2) is 0 Å². The fourth-order valence-electron chi connectivity index (χ4n) is 2.04. The third kappa shape index (κ3) is 2.98. The molecule has 0 amide bonds. The zero-order valence-corrected chi connectivity index (χ0v) is 13.7. The molecule has 0 aliphatic carbocycles. The summed E-state index contributed by atoms with van der Waals surface area (Å²) in [5.74, 6) is 0. The standard InChI is InChI=1S/C15H16BrClS/c1-3-10-5-6-11(4-2)12(9-10)15(16)13-7-8-14(17)18-13/h5-9,15H,3-4H2,1-2H3. The third-order valence-electron chi connectivity index (χ3n) is 3.12. The van der Waals surface area contributed by atoms with Crippen molar-refractivity contribution in [1.29, 1.82) is 0 Å². The minimum atomic E-state index is 0.247. The van der Waals surface area contributed by atoms with Crippen LogP contribution in [-0.2, 0) is 12.8 Å². The van der Waals surface area contributed by atoms with Crippen LogP contribution in [0.15, 0.2) is 30.3 Å². The van der Waals surface area contributed by atoms with E-state index in [1.165, 1.54) is 21.6 Å². The van der Waals surface area contributed by atoms with Crippen LogP contribution in [0, 0.1) is 0 Å². The van der Waals surface area contributed by atoms with Crippen LogP contribution in [-0.4, -0.2) is 0 Å². The second-order valence-corrected chi connectivity index (χ2v) is 6.91. The number of rotatable bonds is 4. The topological polar surface area (TPSA) is 0 Å². The third-order valence-corrected chi connectivity index (χ3v) is 5.70. The molecule has 2 rings (SSSR count). The second-order valence-electron chi connectivity index (χ2n) is 4.24. The summed E-state index contributed by atoms with van der Waals surface area (Å²) in [6.45, 7) is 4.39. The van der Waals surface area contributed by atoms with Gasteiger partial charge in [-0.25, -0.2) is 0 Å². The lowest BCUT2D eigenvalue weighted by Gasteiger charge is -2.14. The predicted molar refractivity (Wildman–Crippen MR) is 85.3 cm³/mol. The maximum atomic E-state index is 6.02. The molecule has 0 N–H and O–H groups in total. The lowest BCUT2D eigenvalue weighted by atomic mass is 9.98. The normalized spacial score (nSPS) is 12.7. The van der Waals surface area contributed by atoms with Gasteiger partial charge < -0.3 is 0 Å². The van der Waals surface area contributed by atoms with Crippen molar-refractivity contribution in [3.63, 3.8) is 0 Å². The number of hydrogen-bond donors (Lipinski definition) is 0. The average Bonchev–Trinajstić information content (AvgIpc) is 2.83.